The van der Waals surface area contributed by atoms with Crippen molar-refractivity contribution in [2.45, 2.75) is 17.8 Å². The fraction of sp³-hybridized carbons (Fsp3) is 0.286. The van der Waals surface area contributed by atoms with Crippen LogP contribution >= 0.6 is 34.7 Å². The van der Waals surface area contributed by atoms with Gasteiger partial charge in [0.05, 0.1) is 5.75 Å². The van der Waals surface area contributed by atoms with Crippen molar-refractivity contribution >= 4 is 51.4 Å². The molecule has 10 heteroatoms. The number of carbonyl (C=O) groups excluding carboxylic acids is 1. The van der Waals surface area contributed by atoms with Crippen LogP contribution in [0.3, 0.4) is 0 Å². The topological polar surface area (TPSA) is 76.6 Å². The van der Waals surface area contributed by atoms with E-state index in [1.54, 1.807) is 11.9 Å². The zero-order chi connectivity index (χ0) is 21.8. The van der Waals surface area contributed by atoms with Crippen LogP contribution in [0, 0.1) is 6.92 Å². The van der Waals surface area contributed by atoms with Crippen LogP contribution in [0.15, 0.2) is 40.7 Å². The Labute approximate surface area is 193 Å². The van der Waals surface area contributed by atoms with Gasteiger partial charge in [-0.05, 0) is 42.3 Å². The van der Waals surface area contributed by atoms with Gasteiger partial charge in [-0.25, -0.2) is 0 Å². The number of halogens is 1. The summed E-state index contributed by atoms with van der Waals surface area (Å²) in [5.74, 6) is 1.76. The number of fused-ring (bicyclic) bond motifs is 1. The highest BCUT2D eigenvalue weighted by Crippen LogP contribution is 2.32. The van der Waals surface area contributed by atoms with Crippen LogP contribution in [0.5, 0.6) is 11.5 Å². The van der Waals surface area contributed by atoms with Gasteiger partial charge in [0.2, 0.25) is 11.0 Å². The van der Waals surface area contributed by atoms with Crippen LogP contribution in [0.2, 0.25) is 5.02 Å². The van der Waals surface area contributed by atoms with E-state index in [0.717, 1.165) is 32.7 Å². The minimum absolute atomic E-state index is 0.00918. The SMILES string of the molecule is Cc1ccc(Nc2nnc(SCC(=O)N(C)Cc3ccc4c(c3)OCCO4)s2)cc1Cl. The molecule has 4 rings (SSSR count). The second-order valence-electron chi connectivity index (χ2n) is 6.98. The van der Waals surface area contributed by atoms with Gasteiger partial charge in [-0.3, -0.25) is 4.79 Å². The highest BCUT2D eigenvalue weighted by atomic mass is 35.5. The van der Waals surface area contributed by atoms with Gasteiger partial charge in [0, 0.05) is 24.3 Å². The molecule has 0 aliphatic carbocycles. The first-order valence-electron chi connectivity index (χ1n) is 9.60. The molecule has 0 fully saturated rings. The first-order chi connectivity index (χ1) is 15.0. The molecule has 1 N–H and O–H groups in total. The molecule has 0 radical (unpaired) electrons. The second kappa shape index (κ2) is 9.76. The predicted molar refractivity (Wildman–Crippen MR) is 124 cm³/mol. The minimum Gasteiger partial charge on any atom is -0.486 e. The quantitative estimate of drug-likeness (QED) is 0.492. The lowest BCUT2D eigenvalue weighted by atomic mass is 10.2. The monoisotopic (exact) mass is 476 g/mol. The van der Waals surface area contributed by atoms with Crippen molar-refractivity contribution in [1.29, 1.82) is 0 Å². The van der Waals surface area contributed by atoms with E-state index in [1.165, 1.54) is 23.1 Å². The van der Waals surface area contributed by atoms with Crippen LogP contribution in [0.25, 0.3) is 0 Å². The van der Waals surface area contributed by atoms with Crippen molar-refractivity contribution in [3.8, 4) is 11.5 Å². The van der Waals surface area contributed by atoms with Crippen molar-refractivity contribution in [1.82, 2.24) is 15.1 Å². The summed E-state index contributed by atoms with van der Waals surface area (Å²) >= 11 is 8.93. The van der Waals surface area contributed by atoms with Gasteiger partial charge in [-0.2, -0.15) is 0 Å². The average Bonchev–Trinajstić information content (AvgIpc) is 3.21. The summed E-state index contributed by atoms with van der Waals surface area (Å²) < 4.78 is 11.9. The molecule has 2 aromatic carbocycles. The average molecular weight is 477 g/mol. The van der Waals surface area contributed by atoms with Crippen LogP contribution in [0.4, 0.5) is 10.8 Å². The zero-order valence-corrected chi connectivity index (χ0v) is 19.4. The third-order valence-corrected chi connectivity index (χ3v) is 6.96. The fourth-order valence-electron chi connectivity index (χ4n) is 2.89. The molecule has 162 valence electrons. The summed E-state index contributed by atoms with van der Waals surface area (Å²) in [4.78, 5) is 14.2. The van der Waals surface area contributed by atoms with Gasteiger partial charge in [0.1, 0.15) is 13.2 Å². The smallest absolute Gasteiger partial charge is 0.233 e. The van der Waals surface area contributed by atoms with E-state index in [4.69, 9.17) is 21.1 Å². The van der Waals surface area contributed by atoms with Gasteiger partial charge in [0.25, 0.3) is 0 Å². The maximum absolute atomic E-state index is 12.6. The number of benzene rings is 2. The number of hydrogen-bond donors (Lipinski definition) is 1. The number of aromatic nitrogens is 2. The van der Waals surface area contributed by atoms with Gasteiger partial charge in [0.15, 0.2) is 15.8 Å². The lowest BCUT2D eigenvalue weighted by Crippen LogP contribution is -2.27. The van der Waals surface area contributed by atoms with Crippen LogP contribution < -0.4 is 14.8 Å². The number of nitrogens with zero attached hydrogens (tertiary/aromatic N) is 3. The zero-order valence-electron chi connectivity index (χ0n) is 17.1. The Morgan fingerprint density at radius 1 is 1.19 bits per heavy atom. The summed E-state index contributed by atoms with van der Waals surface area (Å²) in [5, 5.41) is 12.8. The lowest BCUT2D eigenvalue weighted by Gasteiger charge is -2.21. The summed E-state index contributed by atoms with van der Waals surface area (Å²) in [6.07, 6.45) is 0. The van der Waals surface area contributed by atoms with E-state index < -0.39 is 0 Å². The highest BCUT2D eigenvalue weighted by molar-refractivity contribution is 8.01. The third kappa shape index (κ3) is 5.61. The molecule has 1 aliphatic rings. The normalized spacial score (nSPS) is 12.5. The number of carbonyl (C=O) groups is 1. The Morgan fingerprint density at radius 2 is 2.00 bits per heavy atom. The maximum atomic E-state index is 12.6. The van der Waals surface area contributed by atoms with Gasteiger partial charge < -0.3 is 19.7 Å². The Hall–Kier alpha value is -2.49. The Balaban J connectivity index is 1.29. The van der Waals surface area contributed by atoms with Crippen molar-refractivity contribution < 1.29 is 14.3 Å². The molecule has 0 saturated heterocycles. The molecule has 0 bridgehead atoms. The summed E-state index contributed by atoms with van der Waals surface area (Å²) in [5.41, 5.74) is 2.85. The molecular weight excluding hydrogens is 456 g/mol. The van der Waals surface area contributed by atoms with Gasteiger partial charge >= 0.3 is 0 Å². The Kier molecular flexibility index (Phi) is 6.84. The fourth-order valence-corrected chi connectivity index (χ4v) is 4.79. The van der Waals surface area contributed by atoms with E-state index in [0.29, 0.717) is 29.9 Å². The molecule has 1 amide bonds. The highest BCUT2D eigenvalue weighted by Gasteiger charge is 2.15. The van der Waals surface area contributed by atoms with Gasteiger partial charge in [-0.15, -0.1) is 10.2 Å². The van der Waals surface area contributed by atoms with E-state index in [9.17, 15) is 4.79 Å². The predicted octanol–water partition coefficient (Wildman–Crippen LogP) is 4.77. The number of hydrogen-bond acceptors (Lipinski definition) is 8. The van der Waals surface area contributed by atoms with E-state index in [-0.39, 0.29) is 11.7 Å². The molecule has 3 aromatic rings. The molecule has 2 heterocycles. The second-order valence-corrected chi connectivity index (χ2v) is 9.59. The van der Waals surface area contributed by atoms with Crippen LogP contribution in [-0.2, 0) is 11.3 Å². The first kappa shape index (κ1) is 21.7. The largest absolute Gasteiger partial charge is 0.486 e. The summed E-state index contributed by atoms with van der Waals surface area (Å²) in [6.45, 7) is 3.54. The summed E-state index contributed by atoms with van der Waals surface area (Å²) in [7, 11) is 1.79. The van der Waals surface area contributed by atoms with Crippen LogP contribution in [0.1, 0.15) is 11.1 Å². The van der Waals surface area contributed by atoms with Crippen molar-refractivity contribution in [3.63, 3.8) is 0 Å². The Bertz CT molecular complexity index is 1090. The molecule has 0 saturated carbocycles. The number of rotatable bonds is 7. The molecule has 31 heavy (non-hydrogen) atoms. The number of aryl methyl sites for hydroxylation is 1. The molecule has 1 aromatic heterocycles. The van der Waals surface area contributed by atoms with Crippen LogP contribution in [-0.4, -0.2) is 47.0 Å². The third-order valence-electron chi connectivity index (χ3n) is 4.60. The lowest BCUT2D eigenvalue weighted by molar-refractivity contribution is -0.127. The number of ether oxygens (including phenoxy) is 2. The molecule has 1 aliphatic heterocycles. The number of amides is 1. The standard InChI is InChI=1S/C21H21ClN4O3S2/c1-13-3-5-15(10-16(13)22)23-20-24-25-21(31-20)30-12-19(27)26(2)11-14-4-6-17-18(9-14)29-8-7-28-17/h3-6,9-10H,7-8,11-12H2,1-2H3,(H,23,24). The van der Waals surface area contributed by atoms with E-state index in [2.05, 4.69) is 15.5 Å². The number of thioether (sulfide) groups is 1. The molecule has 0 atom stereocenters. The van der Waals surface area contributed by atoms with E-state index in [1.807, 2.05) is 43.3 Å². The summed E-state index contributed by atoms with van der Waals surface area (Å²) in [6, 6.07) is 11.5. The van der Waals surface area contributed by atoms with Gasteiger partial charge in [-0.1, -0.05) is 46.8 Å². The molecule has 0 unspecified atom stereocenters. The van der Waals surface area contributed by atoms with Crippen molar-refractivity contribution in [3.05, 3.63) is 52.5 Å². The molecule has 0 spiro atoms. The number of nitrogens with one attached hydrogen (secondary N) is 1. The minimum atomic E-state index is 0.00918. The maximum Gasteiger partial charge on any atom is 0.233 e. The number of anilines is 2. The van der Waals surface area contributed by atoms with E-state index >= 15 is 0 Å². The molecule has 7 nitrogen and oxygen atoms in total. The van der Waals surface area contributed by atoms with Crippen molar-refractivity contribution in [2.24, 2.45) is 0 Å². The molecular formula is C21H21ClN4O3S2. The van der Waals surface area contributed by atoms with Crippen molar-refractivity contribution in [2.75, 3.05) is 31.3 Å². The first-order valence-corrected chi connectivity index (χ1v) is 11.8. The Morgan fingerprint density at radius 3 is 2.81 bits per heavy atom.